The van der Waals surface area contributed by atoms with Gasteiger partial charge in [-0.25, -0.2) is 0 Å². The van der Waals surface area contributed by atoms with E-state index in [4.69, 9.17) is 16.3 Å². The van der Waals surface area contributed by atoms with Crippen LogP contribution in [0.3, 0.4) is 0 Å². The molecule has 1 aromatic carbocycles. The van der Waals surface area contributed by atoms with Crippen LogP contribution < -0.4 is 4.74 Å². The van der Waals surface area contributed by atoms with Crippen LogP contribution in [0.25, 0.3) is 10.9 Å². The Morgan fingerprint density at radius 1 is 1.47 bits per heavy atom. The van der Waals surface area contributed by atoms with Gasteiger partial charge >= 0.3 is 0 Å². The first-order valence-electron chi connectivity index (χ1n) is 5.06. The summed E-state index contributed by atoms with van der Waals surface area (Å²) in [4.78, 5) is 3.36. The van der Waals surface area contributed by atoms with Crippen molar-refractivity contribution in [1.29, 1.82) is 0 Å². The Kier molecular flexibility index (Phi) is 1.93. The molecule has 3 heteroatoms. The number of aromatic nitrogens is 1. The molecule has 0 atom stereocenters. The van der Waals surface area contributed by atoms with E-state index in [1.54, 1.807) is 7.11 Å². The molecule has 1 N–H and O–H groups in total. The third-order valence-electron chi connectivity index (χ3n) is 2.89. The zero-order chi connectivity index (χ0) is 10.4. The van der Waals surface area contributed by atoms with Gasteiger partial charge in [0.05, 0.1) is 23.0 Å². The van der Waals surface area contributed by atoms with E-state index in [-0.39, 0.29) is 0 Å². The second-order valence-corrected chi connectivity index (χ2v) is 4.32. The fourth-order valence-corrected chi connectivity index (χ4v) is 2.35. The first-order valence-corrected chi connectivity index (χ1v) is 5.44. The van der Waals surface area contributed by atoms with Crippen LogP contribution in [-0.2, 0) is 0 Å². The summed E-state index contributed by atoms with van der Waals surface area (Å²) in [6.45, 7) is 0. The molecule has 1 heterocycles. The van der Waals surface area contributed by atoms with Gasteiger partial charge in [-0.1, -0.05) is 11.6 Å². The molecule has 0 amide bonds. The molecule has 0 unspecified atom stereocenters. The molecular weight excluding hydrogens is 210 g/mol. The number of methoxy groups -OCH3 is 1. The van der Waals surface area contributed by atoms with Crippen LogP contribution in [-0.4, -0.2) is 12.1 Å². The molecule has 0 bridgehead atoms. The second kappa shape index (κ2) is 3.17. The smallest absolute Gasteiger partial charge is 0.130 e. The highest BCUT2D eigenvalue weighted by atomic mass is 35.5. The molecule has 1 aliphatic rings. The fourth-order valence-electron chi connectivity index (χ4n) is 1.95. The van der Waals surface area contributed by atoms with Crippen LogP contribution in [0.2, 0.25) is 5.02 Å². The summed E-state index contributed by atoms with van der Waals surface area (Å²) in [6, 6.07) is 6.77. The molecule has 1 fully saturated rings. The summed E-state index contributed by atoms with van der Waals surface area (Å²) in [5.41, 5.74) is 2.17. The molecule has 1 aromatic heterocycles. The minimum atomic E-state index is 0.620. The normalized spacial score (nSPS) is 15.9. The topological polar surface area (TPSA) is 25.0 Å². The number of benzene rings is 1. The van der Waals surface area contributed by atoms with Crippen LogP contribution in [0, 0.1) is 6.07 Å². The number of nitrogens with one attached hydrogen (secondary N) is 1. The van der Waals surface area contributed by atoms with Gasteiger partial charge in [0.15, 0.2) is 0 Å². The quantitative estimate of drug-likeness (QED) is 0.823. The Balaban J connectivity index is 2.29. The molecule has 2 nitrogen and oxygen atoms in total. The van der Waals surface area contributed by atoms with Crippen LogP contribution in [0.15, 0.2) is 12.1 Å². The van der Waals surface area contributed by atoms with E-state index in [2.05, 4.69) is 11.1 Å². The Hall–Kier alpha value is -1.15. The maximum Gasteiger partial charge on any atom is 0.130 e. The predicted molar refractivity (Wildman–Crippen MR) is 60.7 cm³/mol. The Morgan fingerprint density at radius 2 is 2.27 bits per heavy atom. The minimum Gasteiger partial charge on any atom is -0.496 e. The van der Waals surface area contributed by atoms with E-state index in [0.717, 1.165) is 27.4 Å². The lowest BCUT2D eigenvalue weighted by Crippen LogP contribution is -1.82. The van der Waals surface area contributed by atoms with Gasteiger partial charge in [-0.3, -0.25) is 0 Å². The average Bonchev–Trinajstić information content (AvgIpc) is 3.04. The summed E-state index contributed by atoms with van der Waals surface area (Å²) in [5, 5.41) is 1.80. The molecule has 0 spiro atoms. The molecule has 2 aromatic rings. The number of H-pyrrole nitrogens is 1. The standard InChI is InChI=1S/C12H11ClNO/c1-15-9-4-2-3-8-10(9)11(13)12(14-8)7-5-6-7/h3-4,7,14H,5-6H2,1H3. The summed E-state index contributed by atoms with van der Waals surface area (Å²) < 4.78 is 5.29. The minimum absolute atomic E-state index is 0.620. The lowest BCUT2D eigenvalue weighted by Gasteiger charge is -2.00. The summed E-state index contributed by atoms with van der Waals surface area (Å²) >= 11 is 6.35. The fraction of sp³-hybridized carbons (Fsp3) is 0.333. The van der Waals surface area contributed by atoms with Gasteiger partial charge in [0.2, 0.25) is 0 Å². The molecule has 0 saturated heterocycles. The van der Waals surface area contributed by atoms with Crippen LogP contribution in [0.5, 0.6) is 5.75 Å². The number of aromatic amines is 1. The zero-order valence-corrected chi connectivity index (χ0v) is 9.19. The maximum absolute atomic E-state index is 6.35. The summed E-state index contributed by atoms with van der Waals surface area (Å²) in [6.07, 6.45) is 2.47. The molecule has 77 valence electrons. The van der Waals surface area contributed by atoms with Crippen LogP contribution in [0.4, 0.5) is 0 Å². The number of ether oxygens (including phenoxy) is 1. The second-order valence-electron chi connectivity index (χ2n) is 3.94. The van der Waals surface area contributed by atoms with Gasteiger partial charge in [-0.2, -0.15) is 0 Å². The number of hydrogen-bond acceptors (Lipinski definition) is 1. The van der Waals surface area contributed by atoms with Crippen molar-refractivity contribution in [1.82, 2.24) is 4.98 Å². The maximum atomic E-state index is 6.35. The molecule has 0 aliphatic heterocycles. The van der Waals surface area contributed by atoms with Crippen molar-refractivity contribution in [2.24, 2.45) is 0 Å². The molecule has 15 heavy (non-hydrogen) atoms. The number of halogens is 1. The van der Waals surface area contributed by atoms with E-state index in [0.29, 0.717) is 5.92 Å². The van der Waals surface area contributed by atoms with Crippen molar-refractivity contribution in [2.45, 2.75) is 18.8 Å². The molecule has 1 saturated carbocycles. The first kappa shape index (κ1) is 9.10. The van der Waals surface area contributed by atoms with Gasteiger partial charge in [0.25, 0.3) is 0 Å². The average molecular weight is 221 g/mol. The predicted octanol–water partition coefficient (Wildman–Crippen LogP) is 3.51. The number of rotatable bonds is 2. The van der Waals surface area contributed by atoms with Crippen LogP contribution in [0.1, 0.15) is 24.5 Å². The van der Waals surface area contributed by atoms with Gasteiger partial charge in [0.1, 0.15) is 5.75 Å². The summed E-state index contributed by atoms with van der Waals surface area (Å²) in [7, 11) is 1.66. The summed E-state index contributed by atoms with van der Waals surface area (Å²) in [5.74, 6) is 1.41. The van der Waals surface area contributed by atoms with E-state index in [1.807, 2.05) is 12.1 Å². The van der Waals surface area contributed by atoms with Crippen molar-refractivity contribution < 1.29 is 4.74 Å². The third-order valence-corrected chi connectivity index (χ3v) is 3.28. The van der Waals surface area contributed by atoms with Gasteiger partial charge < -0.3 is 9.72 Å². The molecule has 1 radical (unpaired) electrons. The van der Waals surface area contributed by atoms with Gasteiger partial charge in [0, 0.05) is 11.6 Å². The zero-order valence-electron chi connectivity index (χ0n) is 8.43. The van der Waals surface area contributed by atoms with Crippen molar-refractivity contribution in [3.63, 3.8) is 0 Å². The van der Waals surface area contributed by atoms with Gasteiger partial charge in [-0.15, -0.1) is 0 Å². The Morgan fingerprint density at radius 3 is 2.93 bits per heavy atom. The lowest BCUT2D eigenvalue weighted by molar-refractivity contribution is 0.420. The monoisotopic (exact) mass is 220 g/mol. The third kappa shape index (κ3) is 1.32. The van der Waals surface area contributed by atoms with E-state index in [1.165, 1.54) is 12.8 Å². The van der Waals surface area contributed by atoms with E-state index in [9.17, 15) is 0 Å². The SMILES string of the molecule is COc1c[c]cc2[nH]c(C3CC3)c(Cl)c12. The van der Waals surface area contributed by atoms with E-state index < -0.39 is 0 Å². The van der Waals surface area contributed by atoms with Crippen molar-refractivity contribution >= 4 is 22.5 Å². The highest BCUT2D eigenvalue weighted by molar-refractivity contribution is 6.37. The first-order chi connectivity index (χ1) is 7.31. The molecular formula is C12H11ClNO. The number of hydrogen-bond donors (Lipinski definition) is 1. The molecule has 3 rings (SSSR count). The highest BCUT2D eigenvalue weighted by Crippen LogP contribution is 2.46. The Labute approximate surface area is 93.2 Å². The van der Waals surface area contributed by atoms with Crippen molar-refractivity contribution in [3.8, 4) is 5.75 Å². The van der Waals surface area contributed by atoms with Crippen LogP contribution >= 0.6 is 11.6 Å². The highest BCUT2D eigenvalue weighted by Gasteiger charge is 2.29. The Bertz CT molecular complexity index is 514. The number of fused-ring (bicyclic) bond motifs is 1. The van der Waals surface area contributed by atoms with Crippen molar-refractivity contribution in [3.05, 3.63) is 28.9 Å². The van der Waals surface area contributed by atoms with Crippen molar-refractivity contribution in [2.75, 3.05) is 7.11 Å². The van der Waals surface area contributed by atoms with E-state index >= 15 is 0 Å². The van der Waals surface area contributed by atoms with Gasteiger partial charge in [-0.05, 0) is 31.0 Å². The lowest BCUT2D eigenvalue weighted by atomic mass is 10.2. The molecule has 1 aliphatic carbocycles. The largest absolute Gasteiger partial charge is 0.496 e.